The number of ether oxygens (including phenoxy) is 1. The fourth-order valence-corrected chi connectivity index (χ4v) is 4.29. The number of aryl methyl sites for hydroxylation is 3. The molecule has 5 nitrogen and oxygen atoms in total. The highest BCUT2D eigenvalue weighted by Gasteiger charge is 2.31. The minimum absolute atomic E-state index is 0.00236. The molecule has 2 amide bonds. The van der Waals surface area contributed by atoms with Crippen LogP contribution in [0.2, 0.25) is 5.02 Å². The molecule has 0 radical (unpaired) electrons. The Morgan fingerprint density at radius 3 is 2.19 bits per heavy atom. The molecule has 0 bridgehead atoms. The lowest BCUT2D eigenvalue weighted by atomic mass is 10.0. The monoisotopic (exact) mass is 520 g/mol. The Balaban J connectivity index is 1.94. The number of hydrogen-bond acceptors (Lipinski definition) is 3. The van der Waals surface area contributed by atoms with E-state index < -0.39 is 6.04 Å². The Bertz CT molecular complexity index is 1190. The number of hydrogen-bond donors (Lipinski definition) is 1. The van der Waals surface area contributed by atoms with Crippen LogP contribution in [0.15, 0.2) is 66.7 Å². The van der Waals surface area contributed by atoms with Gasteiger partial charge >= 0.3 is 0 Å². The summed E-state index contributed by atoms with van der Waals surface area (Å²) in [6, 6.07) is 20.7. The van der Waals surface area contributed by atoms with Gasteiger partial charge in [-0.25, -0.2) is 0 Å². The summed E-state index contributed by atoms with van der Waals surface area (Å²) >= 11 is 6.30. The molecule has 3 aromatic carbocycles. The second-order valence-electron chi connectivity index (χ2n) is 9.63. The maximum atomic E-state index is 13.8. The third-order valence-electron chi connectivity index (χ3n) is 6.65. The molecule has 0 unspecified atom stereocenters. The number of nitrogens with zero attached hydrogens (tertiary/aromatic N) is 1. The van der Waals surface area contributed by atoms with Crippen molar-refractivity contribution in [2.45, 2.75) is 66.1 Å². The number of benzene rings is 3. The zero-order valence-corrected chi connectivity index (χ0v) is 23.1. The van der Waals surface area contributed by atoms with Gasteiger partial charge in [-0.3, -0.25) is 9.59 Å². The molecule has 0 aromatic heterocycles. The van der Waals surface area contributed by atoms with Gasteiger partial charge in [-0.2, -0.15) is 0 Å². The number of halogens is 1. The van der Waals surface area contributed by atoms with Gasteiger partial charge in [-0.15, -0.1) is 0 Å². The number of amides is 2. The summed E-state index contributed by atoms with van der Waals surface area (Å²) in [5.74, 6) is 0.152. The SMILES string of the molecule is CC[C@@H](C)NC(=O)[C@H](Cc1ccccc1)N(Cc1ccccc1C)C(=O)COc1cc(C)c(Cl)c(C)c1. The Labute approximate surface area is 225 Å². The quantitative estimate of drug-likeness (QED) is 0.327. The van der Waals surface area contributed by atoms with Gasteiger partial charge in [0.25, 0.3) is 5.91 Å². The highest BCUT2D eigenvalue weighted by molar-refractivity contribution is 6.32. The van der Waals surface area contributed by atoms with E-state index in [0.717, 1.165) is 34.2 Å². The highest BCUT2D eigenvalue weighted by atomic mass is 35.5. The van der Waals surface area contributed by atoms with Crippen molar-refractivity contribution in [2.24, 2.45) is 0 Å². The molecule has 0 saturated carbocycles. The second kappa shape index (κ2) is 13.3. The molecule has 0 saturated heterocycles. The van der Waals surface area contributed by atoms with Gasteiger partial charge in [-0.1, -0.05) is 73.1 Å². The first-order valence-corrected chi connectivity index (χ1v) is 13.1. The molecule has 3 rings (SSSR count). The lowest BCUT2D eigenvalue weighted by Gasteiger charge is -2.32. The van der Waals surface area contributed by atoms with Gasteiger partial charge in [0.1, 0.15) is 11.8 Å². The average molecular weight is 521 g/mol. The summed E-state index contributed by atoms with van der Waals surface area (Å²) < 4.78 is 5.93. The summed E-state index contributed by atoms with van der Waals surface area (Å²) in [6.07, 6.45) is 1.20. The van der Waals surface area contributed by atoms with Crippen molar-refractivity contribution in [1.82, 2.24) is 10.2 Å². The largest absolute Gasteiger partial charge is 0.484 e. The molecule has 196 valence electrons. The smallest absolute Gasteiger partial charge is 0.261 e. The van der Waals surface area contributed by atoms with Gasteiger partial charge in [0.15, 0.2) is 6.61 Å². The average Bonchev–Trinajstić information content (AvgIpc) is 2.89. The molecule has 0 aliphatic heterocycles. The number of rotatable bonds is 11. The minimum atomic E-state index is -0.694. The lowest BCUT2D eigenvalue weighted by Crippen LogP contribution is -2.53. The third-order valence-corrected chi connectivity index (χ3v) is 7.24. The molecule has 0 aliphatic carbocycles. The van der Waals surface area contributed by atoms with Crippen LogP contribution in [0, 0.1) is 20.8 Å². The van der Waals surface area contributed by atoms with Crippen molar-refractivity contribution in [3.05, 3.63) is 99.6 Å². The zero-order valence-electron chi connectivity index (χ0n) is 22.4. The lowest BCUT2D eigenvalue weighted by molar-refractivity contribution is -0.143. The van der Waals surface area contributed by atoms with E-state index in [1.165, 1.54) is 0 Å². The van der Waals surface area contributed by atoms with Crippen molar-refractivity contribution < 1.29 is 14.3 Å². The van der Waals surface area contributed by atoms with Crippen molar-refractivity contribution in [2.75, 3.05) is 6.61 Å². The molecule has 0 spiro atoms. The van der Waals surface area contributed by atoms with Crippen LogP contribution in [-0.4, -0.2) is 35.4 Å². The van der Waals surface area contributed by atoms with Gasteiger partial charge in [-0.05, 0) is 74.1 Å². The summed E-state index contributed by atoms with van der Waals surface area (Å²) in [6.45, 7) is 9.94. The van der Waals surface area contributed by atoms with E-state index in [9.17, 15) is 9.59 Å². The van der Waals surface area contributed by atoms with Crippen LogP contribution in [0.4, 0.5) is 0 Å². The third kappa shape index (κ3) is 7.83. The second-order valence-corrected chi connectivity index (χ2v) is 10.0. The Hall–Kier alpha value is -3.31. The Morgan fingerprint density at radius 2 is 1.57 bits per heavy atom. The topological polar surface area (TPSA) is 58.6 Å². The van der Waals surface area contributed by atoms with Gasteiger partial charge in [0, 0.05) is 24.0 Å². The van der Waals surface area contributed by atoms with E-state index in [0.29, 0.717) is 23.7 Å². The van der Waals surface area contributed by atoms with Crippen LogP contribution in [0.3, 0.4) is 0 Å². The number of carbonyl (C=O) groups excluding carboxylic acids is 2. The van der Waals surface area contributed by atoms with Crippen molar-refractivity contribution in [1.29, 1.82) is 0 Å². The van der Waals surface area contributed by atoms with Gasteiger partial charge < -0.3 is 15.0 Å². The molecule has 2 atom stereocenters. The fourth-order valence-electron chi connectivity index (χ4n) is 4.18. The molecule has 37 heavy (non-hydrogen) atoms. The molecule has 0 aliphatic rings. The summed E-state index contributed by atoms with van der Waals surface area (Å²) in [4.78, 5) is 29.0. The summed E-state index contributed by atoms with van der Waals surface area (Å²) in [5.41, 5.74) is 4.81. The molecular weight excluding hydrogens is 484 g/mol. The normalized spacial score (nSPS) is 12.5. The van der Waals surface area contributed by atoms with Gasteiger partial charge in [0.05, 0.1) is 0 Å². The molecule has 0 heterocycles. The van der Waals surface area contributed by atoms with E-state index in [1.807, 2.05) is 101 Å². The predicted octanol–water partition coefficient (Wildman–Crippen LogP) is 6.20. The van der Waals surface area contributed by atoms with E-state index >= 15 is 0 Å². The van der Waals surface area contributed by atoms with Crippen LogP contribution in [0.5, 0.6) is 5.75 Å². The summed E-state index contributed by atoms with van der Waals surface area (Å²) in [5, 5.41) is 3.78. The number of carbonyl (C=O) groups is 2. The first kappa shape index (κ1) is 28.3. The first-order valence-electron chi connectivity index (χ1n) is 12.8. The Morgan fingerprint density at radius 1 is 0.946 bits per heavy atom. The molecule has 1 N–H and O–H groups in total. The van der Waals surface area contributed by atoms with E-state index in [4.69, 9.17) is 16.3 Å². The molecule has 6 heteroatoms. The fraction of sp³-hybridized carbons (Fsp3) is 0.355. The first-order chi connectivity index (χ1) is 17.7. The van der Waals surface area contributed by atoms with E-state index in [2.05, 4.69) is 5.32 Å². The zero-order chi connectivity index (χ0) is 26.9. The summed E-state index contributed by atoms with van der Waals surface area (Å²) in [7, 11) is 0. The van der Waals surface area contributed by atoms with Crippen LogP contribution in [0.25, 0.3) is 0 Å². The van der Waals surface area contributed by atoms with E-state index in [-0.39, 0.29) is 24.5 Å². The molecular formula is C31H37ClN2O3. The van der Waals surface area contributed by atoms with Crippen molar-refractivity contribution in [3.8, 4) is 5.75 Å². The van der Waals surface area contributed by atoms with Crippen molar-refractivity contribution in [3.63, 3.8) is 0 Å². The van der Waals surface area contributed by atoms with E-state index in [1.54, 1.807) is 4.90 Å². The predicted molar refractivity (Wildman–Crippen MR) is 150 cm³/mol. The molecule has 0 fully saturated rings. The minimum Gasteiger partial charge on any atom is -0.484 e. The van der Waals surface area contributed by atoms with Crippen LogP contribution in [0.1, 0.15) is 48.1 Å². The van der Waals surface area contributed by atoms with Gasteiger partial charge in [0.2, 0.25) is 5.91 Å². The molecule has 3 aromatic rings. The van der Waals surface area contributed by atoms with Crippen LogP contribution < -0.4 is 10.1 Å². The van der Waals surface area contributed by atoms with Crippen molar-refractivity contribution >= 4 is 23.4 Å². The maximum absolute atomic E-state index is 13.8. The van der Waals surface area contributed by atoms with Crippen LogP contribution in [-0.2, 0) is 22.6 Å². The van der Waals surface area contributed by atoms with Crippen LogP contribution >= 0.6 is 11.6 Å². The number of nitrogens with one attached hydrogen (secondary N) is 1. The Kier molecular flexibility index (Phi) is 10.2. The maximum Gasteiger partial charge on any atom is 0.261 e. The standard InChI is InChI=1S/C31H37ClN2O3/c1-6-24(5)33-31(36)28(18-25-13-8-7-9-14-25)34(19-26-15-11-10-12-21(26)2)29(35)20-37-27-16-22(3)30(32)23(4)17-27/h7-17,24,28H,6,18-20H2,1-5H3,(H,33,36)/t24-,28+/m1/s1. The highest BCUT2D eigenvalue weighted by Crippen LogP contribution is 2.26.